The molecule has 0 bridgehead atoms. The molecule has 2 fully saturated rings. The molecule has 130 valence electrons. The molecule has 0 saturated carbocycles. The Kier molecular flexibility index (Phi) is 4.46. The predicted molar refractivity (Wildman–Crippen MR) is 86.0 cm³/mol. The molecule has 0 spiro atoms. The summed E-state index contributed by atoms with van der Waals surface area (Å²) in [6.07, 6.45) is 2.92. The Morgan fingerprint density at radius 2 is 2.08 bits per heavy atom. The molecule has 9 nitrogen and oxygen atoms in total. The van der Waals surface area contributed by atoms with E-state index in [1.54, 1.807) is 29.3 Å². The molecule has 0 unspecified atom stereocenters. The number of hydrogen-bond donors (Lipinski definition) is 2. The van der Waals surface area contributed by atoms with Crippen molar-refractivity contribution in [2.24, 2.45) is 11.8 Å². The van der Waals surface area contributed by atoms with Gasteiger partial charge < -0.3 is 15.3 Å². The van der Waals surface area contributed by atoms with Crippen LogP contribution >= 0.6 is 0 Å². The molecule has 2 aromatic heterocycles. The SMILES string of the molecule is O=C1NC[C@H]2CN(C(=O)c3cnc4ccccn4c3=O)C[C@@H]12.O=CO. The van der Waals surface area contributed by atoms with Crippen molar-refractivity contribution in [2.75, 3.05) is 19.6 Å². The third-order valence-electron chi connectivity index (χ3n) is 4.45. The number of fused-ring (bicyclic) bond motifs is 2. The van der Waals surface area contributed by atoms with Crippen LogP contribution in [0.5, 0.6) is 0 Å². The quantitative estimate of drug-likeness (QED) is 0.654. The first-order valence-corrected chi connectivity index (χ1v) is 7.68. The zero-order valence-corrected chi connectivity index (χ0v) is 13.2. The summed E-state index contributed by atoms with van der Waals surface area (Å²) in [5.41, 5.74) is 0.169. The number of pyridine rings is 1. The molecule has 0 radical (unpaired) electrons. The van der Waals surface area contributed by atoms with Gasteiger partial charge in [-0.2, -0.15) is 0 Å². The number of amides is 2. The lowest BCUT2D eigenvalue weighted by Crippen LogP contribution is -2.37. The van der Waals surface area contributed by atoms with E-state index < -0.39 is 0 Å². The zero-order chi connectivity index (χ0) is 18.0. The molecule has 0 aromatic carbocycles. The summed E-state index contributed by atoms with van der Waals surface area (Å²) < 4.78 is 1.36. The lowest BCUT2D eigenvalue weighted by Gasteiger charge is -2.17. The minimum absolute atomic E-state index is 0.00587. The summed E-state index contributed by atoms with van der Waals surface area (Å²) in [6.45, 7) is 1.22. The van der Waals surface area contributed by atoms with Gasteiger partial charge in [0.2, 0.25) is 5.91 Å². The second kappa shape index (κ2) is 6.71. The number of rotatable bonds is 1. The van der Waals surface area contributed by atoms with Crippen molar-refractivity contribution in [1.82, 2.24) is 19.6 Å². The largest absolute Gasteiger partial charge is 0.483 e. The highest BCUT2D eigenvalue weighted by Crippen LogP contribution is 2.27. The summed E-state index contributed by atoms with van der Waals surface area (Å²) in [5.74, 6) is -0.362. The van der Waals surface area contributed by atoms with E-state index in [2.05, 4.69) is 10.3 Å². The first-order chi connectivity index (χ1) is 12.1. The molecule has 9 heteroatoms. The maximum Gasteiger partial charge on any atom is 0.290 e. The van der Waals surface area contributed by atoms with E-state index in [4.69, 9.17) is 9.90 Å². The Morgan fingerprint density at radius 3 is 2.80 bits per heavy atom. The summed E-state index contributed by atoms with van der Waals surface area (Å²) >= 11 is 0. The lowest BCUT2D eigenvalue weighted by atomic mass is 10.0. The van der Waals surface area contributed by atoms with Gasteiger partial charge in [-0.1, -0.05) is 6.07 Å². The summed E-state index contributed by atoms with van der Waals surface area (Å²) in [5, 5.41) is 9.69. The van der Waals surface area contributed by atoms with Gasteiger partial charge in [0.25, 0.3) is 17.9 Å². The van der Waals surface area contributed by atoms with Gasteiger partial charge in [-0.3, -0.25) is 23.6 Å². The van der Waals surface area contributed by atoms with Crippen molar-refractivity contribution in [3.8, 4) is 0 Å². The van der Waals surface area contributed by atoms with Gasteiger partial charge in [0, 0.05) is 37.9 Å². The third-order valence-corrected chi connectivity index (χ3v) is 4.45. The molecule has 2 amide bonds. The van der Waals surface area contributed by atoms with Crippen LogP contribution in [0, 0.1) is 11.8 Å². The van der Waals surface area contributed by atoms with Crippen molar-refractivity contribution in [2.45, 2.75) is 0 Å². The highest BCUT2D eigenvalue weighted by molar-refractivity contribution is 5.95. The fraction of sp³-hybridized carbons (Fsp3) is 0.312. The topological polar surface area (TPSA) is 121 Å². The van der Waals surface area contributed by atoms with Crippen molar-refractivity contribution in [1.29, 1.82) is 0 Å². The fourth-order valence-electron chi connectivity index (χ4n) is 3.25. The molecular formula is C16H16N4O5. The van der Waals surface area contributed by atoms with Crippen LogP contribution in [0.1, 0.15) is 10.4 Å². The smallest absolute Gasteiger partial charge is 0.290 e. The molecule has 4 heterocycles. The fourth-order valence-corrected chi connectivity index (χ4v) is 3.25. The van der Waals surface area contributed by atoms with E-state index in [1.165, 1.54) is 10.6 Å². The van der Waals surface area contributed by atoms with Gasteiger partial charge in [-0.05, 0) is 12.1 Å². The molecule has 2 atom stereocenters. The summed E-state index contributed by atoms with van der Waals surface area (Å²) in [6, 6.07) is 5.21. The summed E-state index contributed by atoms with van der Waals surface area (Å²) in [4.78, 5) is 50.8. The number of likely N-dealkylation sites (tertiary alicyclic amines) is 1. The number of nitrogens with one attached hydrogen (secondary N) is 1. The van der Waals surface area contributed by atoms with E-state index in [0.29, 0.717) is 25.3 Å². The Hall–Kier alpha value is -3.23. The van der Waals surface area contributed by atoms with Gasteiger partial charge in [-0.15, -0.1) is 0 Å². The van der Waals surface area contributed by atoms with Gasteiger partial charge in [0.15, 0.2) is 0 Å². The standard InChI is InChI=1S/C15H14N4O3.CH2O2/c20-13-11-8-18(7-9(11)5-17-13)14(21)10-6-16-12-3-1-2-4-19(12)15(10)22;2-1-3/h1-4,6,9,11H,5,7-8H2,(H,17,20);1H,(H,2,3)/t9-,11+;/m0./s1. The normalized spacial score (nSPS) is 21.3. The first kappa shape index (κ1) is 16.6. The van der Waals surface area contributed by atoms with Crippen molar-refractivity contribution < 1.29 is 19.5 Å². The monoisotopic (exact) mass is 344 g/mol. The number of hydrogen-bond acceptors (Lipinski definition) is 5. The second-order valence-electron chi connectivity index (χ2n) is 5.83. The number of nitrogens with zero attached hydrogens (tertiary/aromatic N) is 3. The van der Waals surface area contributed by atoms with Crippen LogP contribution in [0.4, 0.5) is 0 Å². The van der Waals surface area contributed by atoms with E-state index in [9.17, 15) is 14.4 Å². The van der Waals surface area contributed by atoms with Gasteiger partial charge in [-0.25, -0.2) is 4.98 Å². The van der Waals surface area contributed by atoms with Crippen LogP contribution in [0.15, 0.2) is 35.4 Å². The van der Waals surface area contributed by atoms with Gasteiger partial charge in [0.05, 0.1) is 5.92 Å². The predicted octanol–water partition coefficient (Wildman–Crippen LogP) is -0.787. The van der Waals surface area contributed by atoms with Crippen LogP contribution < -0.4 is 10.9 Å². The van der Waals surface area contributed by atoms with Gasteiger partial charge in [0.1, 0.15) is 11.2 Å². The van der Waals surface area contributed by atoms with Gasteiger partial charge >= 0.3 is 0 Å². The third kappa shape index (κ3) is 2.95. The molecule has 2 saturated heterocycles. The minimum atomic E-state index is -0.378. The van der Waals surface area contributed by atoms with Crippen molar-refractivity contribution in [3.05, 3.63) is 46.5 Å². The van der Waals surface area contributed by atoms with Crippen LogP contribution in [0.3, 0.4) is 0 Å². The van der Waals surface area contributed by atoms with Crippen LogP contribution in [0.2, 0.25) is 0 Å². The highest BCUT2D eigenvalue weighted by atomic mass is 16.3. The molecule has 25 heavy (non-hydrogen) atoms. The number of aromatic nitrogens is 2. The van der Waals surface area contributed by atoms with Crippen molar-refractivity contribution in [3.63, 3.8) is 0 Å². The molecule has 2 aliphatic heterocycles. The maximum absolute atomic E-state index is 12.6. The Bertz CT molecular complexity index is 893. The Labute approximate surface area is 141 Å². The maximum atomic E-state index is 12.6. The van der Waals surface area contributed by atoms with E-state index in [0.717, 1.165) is 0 Å². The Morgan fingerprint density at radius 1 is 1.32 bits per heavy atom. The molecule has 4 rings (SSSR count). The van der Waals surface area contributed by atoms with Crippen LogP contribution in [-0.2, 0) is 9.59 Å². The van der Waals surface area contributed by atoms with Crippen LogP contribution in [-0.4, -0.2) is 57.3 Å². The number of carbonyl (C=O) groups is 3. The molecule has 2 aliphatic rings. The van der Waals surface area contributed by atoms with E-state index in [1.807, 2.05) is 0 Å². The minimum Gasteiger partial charge on any atom is -0.483 e. The number of carbonyl (C=O) groups excluding carboxylic acids is 2. The average molecular weight is 344 g/mol. The van der Waals surface area contributed by atoms with Crippen LogP contribution in [0.25, 0.3) is 5.65 Å². The lowest BCUT2D eigenvalue weighted by molar-refractivity contribution is -0.123. The molecular weight excluding hydrogens is 328 g/mol. The second-order valence-corrected chi connectivity index (χ2v) is 5.83. The molecule has 0 aliphatic carbocycles. The highest BCUT2D eigenvalue weighted by Gasteiger charge is 2.44. The van der Waals surface area contributed by atoms with E-state index >= 15 is 0 Å². The number of carboxylic acid groups (broad SMARTS) is 1. The first-order valence-electron chi connectivity index (χ1n) is 7.68. The Balaban J connectivity index is 0.000000569. The molecule has 2 N–H and O–H groups in total. The summed E-state index contributed by atoms with van der Waals surface area (Å²) in [7, 11) is 0. The average Bonchev–Trinajstić information content (AvgIpc) is 3.18. The van der Waals surface area contributed by atoms with E-state index in [-0.39, 0.29) is 41.2 Å². The van der Waals surface area contributed by atoms with Crippen molar-refractivity contribution >= 4 is 23.9 Å². The molecule has 2 aromatic rings. The zero-order valence-electron chi connectivity index (χ0n) is 13.2.